The van der Waals surface area contributed by atoms with Crippen molar-refractivity contribution < 1.29 is 0 Å². The SMILES string of the molecule is N#Cc1c(Cl)nsc1N1CCCC(c2nnc3n2CCC3)C1. The first kappa shape index (κ1) is 14.0. The Morgan fingerprint density at radius 1 is 1.27 bits per heavy atom. The maximum absolute atomic E-state index is 9.27. The molecule has 6 nitrogen and oxygen atoms in total. The number of aryl methyl sites for hydroxylation is 1. The van der Waals surface area contributed by atoms with Crippen LogP contribution in [-0.2, 0) is 13.0 Å². The van der Waals surface area contributed by atoms with Crippen molar-refractivity contribution in [1.82, 2.24) is 19.1 Å². The second-order valence-corrected chi connectivity index (χ2v) is 6.89. The van der Waals surface area contributed by atoms with E-state index in [2.05, 4.69) is 30.1 Å². The second kappa shape index (κ2) is 5.52. The predicted molar refractivity (Wildman–Crippen MR) is 84.4 cm³/mol. The third-order valence-electron chi connectivity index (χ3n) is 4.46. The molecule has 4 rings (SSSR count). The van der Waals surface area contributed by atoms with Gasteiger partial charge in [-0.1, -0.05) is 11.6 Å². The topological polar surface area (TPSA) is 70.6 Å². The van der Waals surface area contributed by atoms with E-state index in [-0.39, 0.29) is 0 Å². The summed E-state index contributed by atoms with van der Waals surface area (Å²) in [6.07, 6.45) is 4.39. The minimum atomic E-state index is 0.313. The molecule has 4 heterocycles. The van der Waals surface area contributed by atoms with Crippen LogP contribution in [0.5, 0.6) is 0 Å². The van der Waals surface area contributed by atoms with Gasteiger partial charge in [0.15, 0.2) is 5.15 Å². The number of halogens is 1. The summed E-state index contributed by atoms with van der Waals surface area (Å²) < 4.78 is 6.39. The highest BCUT2D eigenvalue weighted by molar-refractivity contribution is 7.10. The molecule has 0 radical (unpaired) electrons. The van der Waals surface area contributed by atoms with Crippen molar-refractivity contribution in [3.63, 3.8) is 0 Å². The lowest BCUT2D eigenvalue weighted by Crippen LogP contribution is -2.35. The molecule has 2 aliphatic rings. The van der Waals surface area contributed by atoms with Crippen molar-refractivity contribution in [1.29, 1.82) is 5.26 Å². The first-order chi connectivity index (χ1) is 10.8. The second-order valence-electron chi connectivity index (χ2n) is 5.78. The van der Waals surface area contributed by atoms with Crippen molar-refractivity contribution in [2.75, 3.05) is 18.0 Å². The zero-order chi connectivity index (χ0) is 15.1. The van der Waals surface area contributed by atoms with Crippen LogP contribution < -0.4 is 4.90 Å². The van der Waals surface area contributed by atoms with Crippen LogP contribution in [0, 0.1) is 11.3 Å². The highest BCUT2D eigenvalue weighted by Crippen LogP contribution is 2.36. The van der Waals surface area contributed by atoms with Gasteiger partial charge in [-0.2, -0.15) is 9.64 Å². The van der Waals surface area contributed by atoms with Gasteiger partial charge in [0.05, 0.1) is 0 Å². The summed E-state index contributed by atoms with van der Waals surface area (Å²) in [5, 5.41) is 19.2. The molecular weight excluding hydrogens is 320 g/mol. The Labute approximate surface area is 137 Å². The summed E-state index contributed by atoms with van der Waals surface area (Å²) in [6, 6.07) is 2.17. The quantitative estimate of drug-likeness (QED) is 0.844. The average Bonchev–Trinajstić information content (AvgIpc) is 3.21. The van der Waals surface area contributed by atoms with Crippen LogP contribution in [0.15, 0.2) is 0 Å². The van der Waals surface area contributed by atoms with Crippen molar-refractivity contribution >= 4 is 28.1 Å². The molecule has 0 spiro atoms. The van der Waals surface area contributed by atoms with E-state index in [0.29, 0.717) is 16.6 Å². The Bertz CT molecular complexity index is 745. The fourth-order valence-corrected chi connectivity index (χ4v) is 4.48. The van der Waals surface area contributed by atoms with E-state index >= 15 is 0 Å². The first-order valence-corrected chi connectivity index (χ1v) is 8.65. The number of rotatable bonds is 2. The molecule has 1 atom stereocenters. The van der Waals surface area contributed by atoms with Crippen LogP contribution in [0.2, 0.25) is 5.15 Å². The lowest BCUT2D eigenvalue weighted by Gasteiger charge is -2.32. The molecule has 2 aromatic heterocycles. The van der Waals surface area contributed by atoms with Crippen LogP contribution in [0.4, 0.5) is 5.00 Å². The van der Waals surface area contributed by atoms with Gasteiger partial charge in [0.1, 0.15) is 28.3 Å². The van der Waals surface area contributed by atoms with Gasteiger partial charge in [0.2, 0.25) is 0 Å². The molecule has 1 fully saturated rings. The van der Waals surface area contributed by atoms with E-state index in [1.54, 1.807) is 0 Å². The minimum Gasteiger partial charge on any atom is -0.360 e. The molecule has 0 bridgehead atoms. The van der Waals surface area contributed by atoms with Crippen molar-refractivity contribution in [2.45, 2.75) is 38.1 Å². The molecule has 0 N–H and O–H groups in total. The van der Waals surface area contributed by atoms with E-state index in [9.17, 15) is 5.26 Å². The van der Waals surface area contributed by atoms with Crippen LogP contribution in [0.3, 0.4) is 0 Å². The van der Waals surface area contributed by atoms with Gasteiger partial charge in [-0.25, -0.2) is 0 Å². The summed E-state index contributed by atoms with van der Waals surface area (Å²) in [5.74, 6) is 2.58. The van der Waals surface area contributed by atoms with Crippen LogP contribution >= 0.6 is 23.1 Å². The molecule has 2 aromatic rings. The Morgan fingerprint density at radius 3 is 3.05 bits per heavy atom. The van der Waals surface area contributed by atoms with E-state index in [0.717, 1.165) is 62.0 Å². The predicted octanol–water partition coefficient (Wildman–Crippen LogP) is 2.59. The highest BCUT2D eigenvalue weighted by Gasteiger charge is 2.30. The average molecular weight is 335 g/mol. The fourth-order valence-electron chi connectivity index (χ4n) is 3.42. The third-order valence-corrected chi connectivity index (χ3v) is 5.74. The highest BCUT2D eigenvalue weighted by atomic mass is 35.5. The molecule has 0 aliphatic carbocycles. The van der Waals surface area contributed by atoms with E-state index < -0.39 is 0 Å². The van der Waals surface area contributed by atoms with Gasteiger partial charge in [0, 0.05) is 32.0 Å². The Morgan fingerprint density at radius 2 is 2.18 bits per heavy atom. The van der Waals surface area contributed by atoms with Crippen LogP contribution in [-0.4, -0.2) is 32.2 Å². The molecule has 1 unspecified atom stereocenters. The Balaban J connectivity index is 1.61. The molecule has 0 amide bonds. The number of nitriles is 1. The molecular formula is C14H15ClN6S. The summed E-state index contributed by atoms with van der Waals surface area (Å²) in [4.78, 5) is 2.23. The summed E-state index contributed by atoms with van der Waals surface area (Å²) >= 11 is 7.31. The maximum Gasteiger partial charge on any atom is 0.162 e. The smallest absolute Gasteiger partial charge is 0.162 e. The van der Waals surface area contributed by atoms with Gasteiger partial charge < -0.3 is 9.47 Å². The molecule has 1 saturated heterocycles. The molecule has 2 aliphatic heterocycles. The molecule has 0 saturated carbocycles. The van der Waals surface area contributed by atoms with E-state index in [4.69, 9.17) is 11.6 Å². The van der Waals surface area contributed by atoms with Crippen molar-refractivity contribution in [3.8, 4) is 6.07 Å². The van der Waals surface area contributed by atoms with Gasteiger partial charge in [-0.05, 0) is 30.8 Å². The summed E-state index contributed by atoms with van der Waals surface area (Å²) in [7, 11) is 0. The van der Waals surface area contributed by atoms with Crippen molar-refractivity contribution in [3.05, 3.63) is 22.4 Å². The lowest BCUT2D eigenvalue weighted by molar-refractivity contribution is 0.474. The lowest BCUT2D eigenvalue weighted by atomic mass is 9.97. The monoisotopic (exact) mass is 334 g/mol. The Hall–Kier alpha value is -1.65. The van der Waals surface area contributed by atoms with Gasteiger partial charge in [-0.3, -0.25) is 0 Å². The number of aromatic nitrogens is 4. The zero-order valence-electron chi connectivity index (χ0n) is 12.0. The number of anilines is 1. The summed E-state index contributed by atoms with van der Waals surface area (Å²) in [6.45, 7) is 2.82. The van der Waals surface area contributed by atoms with Gasteiger partial charge in [0.25, 0.3) is 0 Å². The maximum atomic E-state index is 9.27. The van der Waals surface area contributed by atoms with Gasteiger partial charge in [-0.15, -0.1) is 10.2 Å². The normalized spacial score (nSPS) is 20.9. The first-order valence-electron chi connectivity index (χ1n) is 7.50. The van der Waals surface area contributed by atoms with Crippen molar-refractivity contribution in [2.24, 2.45) is 0 Å². The largest absolute Gasteiger partial charge is 0.360 e. The standard InChI is InChI=1S/C14H15ClN6S/c15-12-10(7-16)14(22-19-12)20-5-1-3-9(8-20)13-18-17-11-4-2-6-21(11)13/h9H,1-6,8H2. The van der Waals surface area contributed by atoms with E-state index in [1.165, 1.54) is 11.5 Å². The third kappa shape index (κ3) is 2.18. The number of piperidine rings is 1. The molecule has 8 heteroatoms. The Kier molecular flexibility index (Phi) is 3.51. The van der Waals surface area contributed by atoms with Gasteiger partial charge >= 0.3 is 0 Å². The van der Waals surface area contributed by atoms with E-state index in [1.807, 2.05) is 0 Å². The van der Waals surface area contributed by atoms with Crippen LogP contribution in [0.25, 0.3) is 0 Å². The number of fused-ring (bicyclic) bond motifs is 1. The number of hydrogen-bond donors (Lipinski definition) is 0. The number of nitrogens with zero attached hydrogens (tertiary/aromatic N) is 6. The molecule has 0 aromatic carbocycles. The van der Waals surface area contributed by atoms with Crippen LogP contribution in [0.1, 0.15) is 42.4 Å². The molecule has 22 heavy (non-hydrogen) atoms. The zero-order valence-corrected chi connectivity index (χ0v) is 13.6. The summed E-state index contributed by atoms with van der Waals surface area (Å²) in [5.41, 5.74) is 0.499. The fraction of sp³-hybridized carbons (Fsp3) is 0.571. The minimum absolute atomic E-state index is 0.313. The molecule has 114 valence electrons. The number of hydrogen-bond acceptors (Lipinski definition) is 6.